The van der Waals surface area contributed by atoms with E-state index in [1.54, 1.807) is 31.3 Å². The molecule has 0 bridgehead atoms. The van der Waals surface area contributed by atoms with Crippen molar-refractivity contribution >= 4 is 6.03 Å². The standard InChI is InChI=1S/C16H18FN3O3/c1-11(21)9-19-16(22)20-10-12-4-3-7-18-15(12)23-14-6-2-5-13(17)8-14/h2-8,11,21H,9-10H2,1H3,(H2,19,20,22). The summed E-state index contributed by atoms with van der Waals surface area (Å²) in [7, 11) is 0. The lowest BCUT2D eigenvalue weighted by atomic mass is 10.2. The molecule has 1 heterocycles. The summed E-state index contributed by atoms with van der Waals surface area (Å²) in [6, 6.07) is 8.77. The first-order valence-electron chi connectivity index (χ1n) is 7.11. The van der Waals surface area contributed by atoms with E-state index in [1.807, 2.05) is 0 Å². The molecule has 0 saturated heterocycles. The Morgan fingerprint density at radius 1 is 1.35 bits per heavy atom. The average Bonchev–Trinajstić information content (AvgIpc) is 2.52. The molecular formula is C16H18FN3O3. The van der Waals surface area contributed by atoms with Crippen LogP contribution in [0, 0.1) is 5.82 Å². The predicted molar refractivity (Wildman–Crippen MR) is 82.6 cm³/mol. The van der Waals surface area contributed by atoms with E-state index >= 15 is 0 Å². The maximum Gasteiger partial charge on any atom is 0.315 e. The van der Waals surface area contributed by atoms with Crippen LogP contribution >= 0.6 is 0 Å². The number of rotatable bonds is 6. The van der Waals surface area contributed by atoms with Gasteiger partial charge in [-0.2, -0.15) is 0 Å². The van der Waals surface area contributed by atoms with E-state index in [9.17, 15) is 9.18 Å². The van der Waals surface area contributed by atoms with Crippen LogP contribution in [0.5, 0.6) is 11.6 Å². The first-order valence-corrected chi connectivity index (χ1v) is 7.11. The van der Waals surface area contributed by atoms with Crippen molar-refractivity contribution in [1.82, 2.24) is 15.6 Å². The molecule has 7 heteroatoms. The van der Waals surface area contributed by atoms with Gasteiger partial charge in [-0.15, -0.1) is 0 Å². The molecular weight excluding hydrogens is 301 g/mol. The van der Waals surface area contributed by atoms with E-state index in [4.69, 9.17) is 9.84 Å². The Bertz CT molecular complexity index is 665. The van der Waals surface area contributed by atoms with E-state index in [1.165, 1.54) is 18.2 Å². The van der Waals surface area contributed by atoms with Gasteiger partial charge in [-0.05, 0) is 25.1 Å². The highest BCUT2D eigenvalue weighted by Gasteiger charge is 2.09. The van der Waals surface area contributed by atoms with E-state index in [0.29, 0.717) is 11.3 Å². The van der Waals surface area contributed by atoms with Gasteiger partial charge in [-0.25, -0.2) is 14.2 Å². The number of urea groups is 1. The topological polar surface area (TPSA) is 83.5 Å². The molecule has 1 unspecified atom stereocenters. The minimum absolute atomic E-state index is 0.158. The molecule has 122 valence electrons. The second kappa shape index (κ2) is 8.09. The molecule has 0 radical (unpaired) electrons. The molecule has 0 spiro atoms. The number of amides is 2. The summed E-state index contributed by atoms with van der Waals surface area (Å²) in [5.74, 6) is 0.202. The fourth-order valence-electron chi connectivity index (χ4n) is 1.77. The van der Waals surface area contributed by atoms with Crippen molar-refractivity contribution in [3.05, 3.63) is 54.0 Å². The van der Waals surface area contributed by atoms with E-state index in [2.05, 4.69) is 15.6 Å². The summed E-state index contributed by atoms with van der Waals surface area (Å²) in [6.07, 6.45) is 0.928. The number of hydrogen-bond donors (Lipinski definition) is 3. The lowest BCUT2D eigenvalue weighted by Gasteiger charge is -2.12. The van der Waals surface area contributed by atoms with Gasteiger partial charge in [0.15, 0.2) is 0 Å². The number of ether oxygens (including phenoxy) is 1. The van der Waals surface area contributed by atoms with E-state index < -0.39 is 18.0 Å². The third-order valence-electron chi connectivity index (χ3n) is 2.86. The van der Waals surface area contributed by atoms with E-state index in [0.717, 1.165) is 0 Å². The van der Waals surface area contributed by atoms with Gasteiger partial charge in [0.25, 0.3) is 0 Å². The Morgan fingerprint density at radius 2 is 2.17 bits per heavy atom. The number of halogens is 1. The Labute approximate surface area is 133 Å². The smallest absolute Gasteiger partial charge is 0.315 e. The minimum Gasteiger partial charge on any atom is -0.439 e. The maximum absolute atomic E-state index is 13.2. The lowest BCUT2D eigenvalue weighted by Crippen LogP contribution is -2.38. The summed E-state index contributed by atoms with van der Waals surface area (Å²) < 4.78 is 18.7. The number of pyridine rings is 1. The fraction of sp³-hybridized carbons (Fsp3) is 0.250. The zero-order valence-electron chi connectivity index (χ0n) is 12.6. The molecule has 2 aromatic rings. The SMILES string of the molecule is CC(O)CNC(=O)NCc1cccnc1Oc1cccc(F)c1. The van der Waals surface area contributed by atoms with Crippen LogP contribution in [0.1, 0.15) is 12.5 Å². The van der Waals surface area contributed by atoms with Crippen molar-refractivity contribution < 1.29 is 19.0 Å². The van der Waals surface area contributed by atoms with Crippen LogP contribution in [0.2, 0.25) is 0 Å². The molecule has 0 aliphatic rings. The number of aliphatic hydroxyl groups is 1. The summed E-state index contributed by atoms with van der Waals surface area (Å²) >= 11 is 0. The highest BCUT2D eigenvalue weighted by Crippen LogP contribution is 2.23. The molecule has 0 aliphatic carbocycles. The Balaban J connectivity index is 1.99. The molecule has 3 N–H and O–H groups in total. The lowest BCUT2D eigenvalue weighted by molar-refractivity contribution is 0.187. The molecule has 0 saturated carbocycles. The summed E-state index contributed by atoms with van der Waals surface area (Å²) in [5, 5.41) is 14.3. The van der Waals surface area contributed by atoms with Gasteiger partial charge in [0.05, 0.1) is 6.10 Å². The Hall–Kier alpha value is -2.67. The molecule has 2 amide bonds. The molecule has 23 heavy (non-hydrogen) atoms. The highest BCUT2D eigenvalue weighted by molar-refractivity contribution is 5.73. The second-order valence-electron chi connectivity index (χ2n) is 4.94. The average molecular weight is 319 g/mol. The van der Waals surface area contributed by atoms with Crippen LogP contribution < -0.4 is 15.4 Å². The normalized spacial score (nSPS) is 11.6. The predicted octanol–water partition coefficient (Wildman–Crippen LogP) is 2.19. The number of carbonyl (C=O) groups excluding carboxylic acids is 1. The minimum atomic E-state index is -0.619. The van der Waals surface area contributed by atoms with Crippen molar-refractivity contribution in [2.45, 2.75) is 19.6 Å². The van der Waals surface area contributed by atoms with Gasteiger partial charge in [-0.1, -0.05) is 12.1 Å². The van der Waals surface area contributed by atoms with Crippen molar-refractivity contribution in [3.8, 4) is 11.6 Å². The van der Waals surface area contributed by atoms with Crippen LogP contribution in [-0.4, -0.2) is 28.8 Å². The highest BCUT2D eigenvalue weighted by atomic mass is 19.1. The summed E-state index contributed by atoms with van der Waals surface area (Å²) in [5.41, 5.74) is 0.643. The fourth-order valence-corrected chi connectivity index (χ4v) is 1.77. The molecule has 6 nitrogen and oxygen atoms in total. The monoisotopic (exact) mass is 319 g/mol. The van der Waals surface area contributed by atoms with Crippen LogP contribution in [0.3, 0.4) is 0 Å². The van der Waals surface area contributed by atoms with Gasteiger partial charge in [0.2, 0.25) is 5.88 Å². The van der Waals surface area contributed by atoms with Gasteiger partial charge < -0.3 is 20.5 Å². The van der Waals surface area contributed by atoms with Crippen LogP contribution in [0.25, 0.3) is 0 Å². The molecule has 1 aromatic heterocycles. The van der Waals surface area contributed by atoms with Crippen LogP contribution in [0.4, 0.5) is 9.18 Å². The third kappa shape index (κ3) is 5.55. The largest absolute Gasteiger partial charge is 0.439 e. The van der Waals surface area contributed by atoms with Gasteiger partial charge in [0.1, 0.15) is 11.6 Å². The zero-order valence-corrected chi connectivity index (χ0v) is 12.6. The number of aliphatic hydroxyl groups excluding tert-OH is 1. The van der Waals surface area contributed by atoms with Crippen LogP contribution in [-0.2, 0) is 6.54 Å². The van der Waals surface area contributed by atoms with Crippen molar-refractivity contribution in [2.75, 3.05) is 6.54 Å². The molecule has 0 aliphatic heterocycles. The number of nitrogens with one attached hydrogen (secondary N) is 2. The molecule has 1 atom stereocenters. The number of aromatic nitrogens is 1. The van der Waals surface area contributed by atoms with Crippen molar-refractivity contribution in [3.63, 3.8) is 0 Å². The summed E-state index contributed by atoms with van der Waals surface area (Å²) in [4.78, 5) is 15.7. The van der Waals surface area contributed by atoms with E-state index in [-0.39, 0.29) is 19.0 Å². The van der Waals surface area contributed by atoms with Crippen molar-refractivity contribution in [2.24, 2.45) is 0 Å². The van der Waals surface area contributed by atoms with Crippen molar-refractivity contribution in [1.29, 1.82) is 0 Å². The first kappa shape index (κ1) is 16.7. The Kier molecular flexibility index (Phi) is 5.87. The first-order chi connectivity index (χ1) is 11.0. The van der Waals surface area contributed by atoms with Gasteiger partial charge >= 0.3 is 6.03 Å². The summed E-state index contributed by atoms with van der Waals surface area (Å²) in [6.45, 7) is 1.92. The third-order valence-corrected chi connectivity index (χ3v) is 2.86. The maximum atomic E-state index is 13.2. The quantitative estimate of drug-likeness (QED) is 0.762. The molecule has 0 fully saturated rings. The van der Waals surface area contributed by atoms with Crippen LogP contribution in [0.15, 0.2) is 42.6 Å². The number of nitrogens with zero attached hydrogens (tertiary/aromatic N) is 1. The molecule has 1 aromatic carbocycles. The zero-order chi connectivity index (χ0) is 16.7. The molecule has 2 rings (SSSR count). The van der Waals surface area contributed by atoms with Gasteiger partial charge in [-0.3, -0.25) is 0 Å². The number of hydrogen-bond acceptors (Lipinski definition) is 4. The number of carbonyl (C=O) groups is 1. The Morgan fingerprint density at radius 3 is 2.91 bits per heavy atom. The number of benzene rings is 1. The van der Waals surface area contributed by atoms with Gasteiger partial charge in [0, 0.05) is 30.9 Å². The second-order valence-corrected chi connectivity index (χ2v) is 4.94.